The number of cyclic esters (lactones) is 1. The van der Waals surface area contributed by atoms with Crippen molar-refractivity contribution in [2.75, 3.05) is 66.2 Å². The second kappa shape index (κ2) is 44.6. The number of primary amides is 1. The summed E-state index contributed by atoms with van der Waals surface area (Å²) in [6.07, 6.45) is 11.9. The van der Waals surface area contributed by atoms with Gasteiger partial charge in [0.05, 0.1) is 37.6 Å². The van der Waals surface area contributed by atoms with Crippen molar-refractivity contribution in [2.24, 2.45) is 47.2 Å². The van der Waals surface area contributed by atoms with Crippen LogP contribution in [0.5, 0.6) is 0 Å². The van der Waals surface area contributed by atoms with Gasteiger partial charge >= 0.3 is 18.1 Å². The Morgan fingerprint density at radius 3 is 2.17 bits per heavy atom. The van der Waals surface area contributed by atoms with Crippen molar-refractivity contribution in [2.45, 2.75) is 232 Å². The zero-order valence-corrected chi connectivity index (χ0v) is 65.8. The van der Waals surface area contributed by atoms with Gasteiger partial charge in [0.15, 0.2) is 5.78 Å². The number of nitrogens with one attached hydrogen (secondary N) is 5. The molecule has 0 radical (unpaired) electrons. The Labute approximate surface area is 645 Å². The van der Waals surface area contributed by atoms with Gasteiger partial charge in [0.25, 0.3) is 23.5 Å². The molecule has 1 saturated carbocycles. The van der Waals surface area contributed by atoms with Crippen LogP contribution in [0.25, 0.3) is 0 Å². The highest BCUT2D eigenvalue weighted by Gasteiger charge is 2.53. The highest BCUT2D eigenvalue weighted by molar-refractivity contribution is 6.39. The van der Waals surface area contributed by atoms with Crippen molar-refractivity contribution >= 4 is 76.6 Å². The molecule has 1 aromatic rings. The van der Waals surface area contributed by atoms with Crippen LogP contribution in [0.1, 0.15) is 164 Å². The highest BCUT2D eigenvalue weighted by Crippen LogP contribution is 2.38. The van der Waals surface area contributed by atoms with Crippen LogP contribution in [-0.4, -0.2) is 218 Å². The Bertz CT molecular complexity index is 3470. The number of aliphatic hydroxyl groups excluding tert-OH is 1. The van der Waals surface area contributed by atoms with E-state index >= 15 is 0 Å². The average molecular weight is 1540 g/mol. The molecule has 30 heteroatoms. The molecule has 17 atom stereocenters. The number of nitrogens with zero attached hydrogens (tertiary/aromatic N) is 2. The van der Waals surface area contributed by atoms with E-state index in [1.165, 1.54) is 12.0 Å². The fourth-order valence-electron chi connectivity index (χ4n) is 14.5. The maximum absolute atomic E-state index is 14.8. The Morgan fingerprint density at radius 1 is 0.782 bits per heavy atom. The molecule has 4 aliphatic heterocycles. The number of esters is 1. The first-order valence-corrected chi connectivity index (χ1v) is 38.4. The van der Waals surface area contributed by atoms with Crippen molar-refractivity contribution in [3.8, 4) is 0 Å². The third kappa shape index (κ3) is 27.2. The molecule has 3 fully saturated rings. The zero-order valence-electron chi connectivity index (χ0n) is 65.8. The van der Waals surface area contributed by atoms with Gasteiger partial charge in [-0.15, -0.1) is 0 Å². The number of aliphatic hydroxyl groups is 2. The standard InChI is InChI=1S/C80H118N8O22/c1-47(2)69(86-66(90)33-36-88-67(91)31-32-68(88)92)75(97)85-59(21-18-34-82-78(81)100)74(96)84-57-27-24-55(25-28-57)45-108-79(101)83-46-106-37-38-107-62-30-26-56(42-65(62)104-11)41-51(6)64-44-61(89)50(5)40-53(8)71(94)72(105-12)70(93)52(7)39-48(3)19-14-13-15-20-49(4)63(103-10)43-58-29-23-54(9)80(102,110-58)73(95)76(98)87-35-17-16-22-60(87)77(99)109-64/h13-15,19-20,24-25,27-28,31-32,40,47-48,50-52,54,56,58-60,62-65,69,71-72,94,102H,16-18,21-23,26,29-30,33-39,41-46H2,1-12H3,(H,83,101)(H,84,96)(H,85,97)(H,86,90)(H3,81,82,100)/b15-13?,19-14+,49-20?,53-40+/t48-,50-,51+,52-,54-,56-,58+,59-,60+,62-,63+,64+,65-,69-,71-,72+,80-/m1/s1. The number of urea groups is 1. The van der Waals surface area contributed by atoms with Crippen molar-refractivity contribution in [3.63, 3.8) is 0 Å². The largest absolute Gasteiger partial charge is 0.460 e. The molecule has 110 heavy (non-hydrogen) atoms. The fourth-order valence-corrected chi connectivity index (χ4v) is 14.5. The van der Waals surface area contributed by atoms with Gasteiger partial charge in [-0.1, -0.05) is 97.1 Å². The minimum absolute atomic E-state index is 0.00986. The van der Waals surface area contributed by atoms with Crippen LogP contribution in [0.2, 0.25) is 0 Å². The molecule has 4 heterocycles. The average Bonchev–Trinajstić information content (AvgIpc) is 1.22. The SMILES string of the molecule is CO[C@H]1C[C@@H]2CC[C@@H](C)[C@@](O)(O2)C(=O)C(=O)N2CCCC[C@H]2C(=O)O[C@H]([C@@H](C)C[C@H]2CC[C@@H](OCCOCNC(=O)OCc3ccc(NC(=O)[C@@H](CCCNC(N)=O)NC(=O)[C@H](NC(=O)CCN4C(=O)C=CC4=O)C(C)C)cc3)[C@H](OC)C2)CC(=O)[C@H](C)/C=C(\C)[C@@H](O)[C@@H](OC)C(=O)[C@H](C)C[C@H](C)/C=C/C=CC=C1C. The first-order valence-electron chi connectivity index (χ1n) is 38.4. The molecule has 2 saturated heterocycles. The number of benzene rings is 1. The zero-order chi connectivity index (χ0) is 80.9. The lowest BCUT2D eigenvalue weighted by Gasteiger charge is -2.42. The number of ketones is 3. The van der Waals surface area contributed by atoms with E-state index in [0.29, 0.717) is 74.6 Å². The summed E-state index contributed by atoms with van der Waals surface area (Å²) in [5, 5.41) is 36.8. The number of fused-ring (bicyclic) bond motifs is 3. The number of ether oxygens (including phenoxy) is 8. The number of imide groups is 1. The van der Waals surface area contributed by atoms with Crippen LogP contribution in [-0.2, 0) is 92.4 Å². The van der Waals surface area contributed by atoms with Gasteiger partial charge in [-0.25, -0.2) is 14.4 Å². The van der Waals surface area contributed by atoms with Gasteiger partial charge in [0.1, 0.15) is 55.6 Å². The van der Waals surface area contributed by atoms with Crippen LogP contribution in [0.3, 0.4) is 0 Å². The quantitative estimate of drug-likeness (QED) is 0.0117. The molecule has 1 aliphatic carbocycles. The summed E-state index contributed by atoms with van der Waals surface area (Å²) in [5.74, 6) is -12.1. The lowest BCUT2D eigenvalue weighted by atomic mass is 9.78. The van der Waals surface area contributed by atoms with Gasteiger partial charge in [0, 0.05) is 95.8 Å². The lowest BCUT2D eigenvalue weighted by Crippen LogP contribution is -2.61. The van der Waals surface area contributed by atoms with Crippen LogP contribution < -0.4 is 32.3 Å². The molecular formula is C80H118N8O22. The van der Waals surface area contributed by atoms with Crippen molar-refractivity contribution in [1.29, 1.82) is 0 Å². The molecule has 1 aromatic carbocycles. The number of hydrogen-bond donors (Lipinski definition) is 8. The van der Waals surface area contributed by atoms with Gasteiger partial charge in [-0.3, -0.25) is 53.4 Å². The first kappa shape index (κ1) is 90.5. The van der Waals surface area contributed by atoms with E-state index < -0.39 is 143 Å². The number of carbonyl (C=O) groups excluding carboxylic acids is 12. The number of Topliss-reactive ketones (excluding diaryl/α,β-unsaturated/α-hetero) is 3. The normalized spacial score (nSPS) is 28.9. The minimum Gasteiger partial charge on any atom is -0.460 e. The number of alkyl carbamates (subject to hydrolysis) is 1. The molecule has 30 nitrogen and oxygen atoms in total. The summed E-state index contributed by atoms with van der Waals surface area (Å²) >= 11 is 0. The highest BCUT2D eigenvalue weighted by atomic mass is 16.6. The Balaban J connectivity index is 1.03. The summed E-state index contributed by atoms with van der Waals surface area (Å²) in [5.41, 5.74) is 7.31. The predicted molar refractivity (Wildman–Crippen MR) is 404 cm³/mol. The fraction of sp³-hybridized carbons (Fsp3) is 0.650. The smallest absolute Gasteiger partial charge is 0.409 e. The number of hydrogen-bond acceptors (Lipinski definition) is 22. The number of methoxy groups -OCH3 is 3. The second-order valence-electron chi connectivity index (χ2n) is 30.1. The molecule has 0 spiro atoms. The maximum Gasteiger partial charge on any atom is 0.409 e. The third-order valence-corrected chi connectivity index (χ3v) is 21.3. The number of carbonyl (C=O) groups is 12. The van der Waals surface area contributed by atoms with Crippen LogP contribution in [0.15, 0.2) is 84.0 Å². The molecule has 5 aliphatic rings. The van der Waals surface area contributed by atoms with Crippen LogP contribution in [0, 0.1) is 41.4 Å². The summed E-state index contributed by atoms with van der Waals surface area (Å²) in [6, 6.07) is 2.16. The van der Waals surface area contributed by atoms with Crippen LogP contribution >= 0.6 is 0 Å². The molecule has 9 N–H and O–H groups in total. The summed E-state index contributed by atoms with van der Waals surface area (Å²) in [7, 11) is 4.50. The topological polar surface area (TPSA) is 412 Å². The van der Waals surface area contributed by atoms with E-state index in [2.05, 4.69) is 26.6 Å². The predicted octanol–water partition coefficient (Wildman–Crippen LogP) is 6.43. The van der Waals surface area contributed by atoms with Gasteiger partial charge < -0.3 is 80.0 Å². The third-order valence-electron chi connectivity index (χ3n) is 21.3. The van der Waals surface area contributed by atoms with E-state index in [4.69, 9.17) is 43.6 Å². The van der Waals surface area contributed by atoms with Gasteiger partial charge in [0.2, 0.25) is 23.5 Å². The Kier molecular flexibility index (Phi) is 36.7. The molecule has 610 valence electrons. The molecule has 0 aromatic heterocycles. The monoisotopic (exact) mass is 1540 g/mol. The van der Waals surface area contributed by atoms with Gasteiger partial charge in [-0.05, 0) is 143 Å². The van der Waals surface area contributed by atoms with Crippen molar-refractivity contribution in [3.05, 3.63) is 89.6 Å². The number of amides is 9. The van der Waals surface area contributed by atoms with E-state index in [-0.39, 0.29) is 120 Å². The van der Waals surface area contributed by atoms with Gasteiger partial charge in [-0.2, -0.15) is 0 Å². The lowest BCUT2D eigenvalue weighted by molar-refractivity contribution is -0.265. The maximum atomic E-state index is 14.8. The van der Waals surface area contributed by atoms with E-state index in [1.54, 1.807) is 86.1 Å². The second-order valence-corrected chi connectivity index (χ2v) is 30.1. The molecule has 6 rings (SSSR count). The summed E-state index contributed by atoms with van der Waals surface area (Å²) < 4.78 is 47.4. The summed E-state index contributed by atoms with van der Waals surface area (Å²) in [4.78, 5) is 162. The molecule has 9 amide bonds. The first-order chi connectivity index (χ1) is 52.3. The van der Waals surface area contributed by atoms with Crippen molar-refractivity contribution in [1.82, 2.24) is 31.1 Å². The Morgan fingerprint density at radius 2 is 1.50 bits per heavy atom. The number of allylic oxidation sites excluding steroid dienone is 6. The number of piperidine rings is 1. The molecule has 2 bridgehead atoms. The van der Waals surface area contributed by atoms with E-state index in [1.807, 2.05) is 51.2 Å². The number of anilines is 1. The minimum atomic E-state index is -2.49. The number of nitrogens with two attached hydrogens (primary N) is 1. The van der Waals surface area contributed by atoms with Crippen LogP contribution in [0.4, 0.5) is 15.3 Å². The van der Waals surface area contributed by atoms with Crippen molar-refractivity contribution < 1.29 is 106 Å². The Hall–Kier alpha value is -8.36. The number of rotatable bonds is 27. The van der Waals surface area contributed by atoms with E-state index in [0.717, 1.165) is 22.6 Å². The molecular weight excluding hydrogens is 1420 g/mol. The molecule has 0 unspecified atom stereocenters. The van der Waals surface area contributed by atoms with E-state index in [9.17, 15) is 67.7 Å². The summed E-state index contributed by atoms with van der Waals surface area (Å²) in [6.45, 7) is 15.7.